The maximum Gasteiger partial charge on any atom is 0.130 e. The zero-order valence-corrected chi connectivity index (χ0v) is 12.5. The Morgan fingerprint density at radius 3 is 2.72 bits per heavy atom. The number of aryl methyl sites for hydroxylation is 2. The molecule has 1 aromatic carbocycles. The van der Waals surface area contributed by atoms with Gasteiger partial charge in [0.2, 0.25) is 0 Å². The summed E-state index contributed by atoms with van der Waals surface area (Å²) in [5, 5.41) is 11.0. The van der Waals surface area contributed by atoms with Gasteiger partial charge in [-0.15, -0.1) is 11.3 Å². The first-order chi connectivity index (χ1) is 8.49. The normalized spacial score (nSPS) is 12.7. The summed E-state index contributed by atoms with van der Waals surface area (Å²) in [6, 6.07) is 4.68. The number of aliphatic hydroxyl groups is 1. The van der Waals surface area contributed by atoms with E-state index < -0.39 is 11.9 Å². The van der Waals surface area contributed by atoms with Gasteiger partial charge < -0.3 is 5.11 Å². The number of hydrogen-bond donors (Lipinski definition) is 1. The van der Waals surface area contributed by atoms with Crippen molar-refractivity contribution in [1.82, 2.24) is 4.98 Å². The summed E-state index contributed by atoms with van der Waals surface area (Å²) in [5.74, 6) is -0.401. The number of halogens is 2. The van der Waals surface area contributed by atoms with E-state index in [4.69, 9.17) is 0 Å². The highest BCUT2D eigenvalue weighted by Gasteiger charge is 2.18. The molecule has 0 saturated heterocycles. The minimum absolute atomic E-state index is 0.294. The van der Waals surface area contributed by atoms with Gasteiger partial charge in [-0.2, -0.15) is 0 Å². The van der Waals surface area contributed by atoms with Gasteiger partial charge >= 0.3 is 0 Å². The van der Waals surface area contributed by atoms with E-state index in [1.165, 1.54) is 6.07 Å². The molecule has 0 bridgehead atoms. The maximum absolute atomic E-state index is 13.7. The highest BCUT2D eigenvalue weighted by Crippen LogP contribution is 2.30. The second-order valence-electron chi connectivity index (χ2n) is 4.10. The minimum Gasteiger partial charge on any atom is -0.388 e. The molecule has 0 aliphatic rings. The van der Waals surface area contributed by atoms with Crippen LogP contribution in [0.15, 0.2) is 22.7 Å². The highest BCUT2D eigenvalue weighted by atomic mass is 79.9. The molecule has 0 aliphatic carbocycles. The third-order valence-corrected chi connectivity index (χ3v) is 4.56. The Kier molecular flexibility index (Phi) is 4.14. The molecule has 2 rings (SSSR count). The minimum atomic E-state index is -0.884. The van der Waals surface area contributed by atoms with Crippen LogP contribution >= 0.6 is 27.3 Å². The van der Waals surface area contributed by atoms with Crippen molar-refractivity contribution < 1.29 is 9.50 Å². The lowest BCUT2D eigenvalue weighted by Gasteiger charge is -2.12. The molecule has 1 aromatic heterocycles. The van der Waals surface area contributed by atoms with Crippen molar-refractivity contribution in [2.45, 2.75) is 26.4 Å². The molecule has 2 aromatic rings. The molecule has 0 amide bonds. The van der Waals surface area contributed by atoms with Crippen molar-refractivity contribution in [1.29, 1.82) is 0 Å². The van der Waals surface area contributed by atoms with Crippen LogP contribution in [0.1, 0.15) is 27.2 Å². The number of aromatic nitrogens is 1. The van der Waals surface area contributed by atoms with Gasteiger partial charge in [0, 0.05) is 21.3 Å². The number of rotatable bonds is 3. The lowest BCUT2D eigenvalue weighted by molar-refractivity contribution is 0.172. The van der Waals surface area contributed by atoms with E-state index in [-0.39, 0.29) is 0 Å². The summed E-state index contributed by atoms with van der Waals surface area (Å²) in [5.41, 5.74) is 1.26. The van der Waals surface area contributed by atoms with Crippen molar-refractivity contribution in [3.05, 3.63) is 49.6 Å². The number of hydrogen-bond acceptors (Lipinski definition) is 3. The molecule has 0 spiro atoms. The van der Waals surface area contributed by atoms with Crippen LogP contribution in [0.2, 0.25) is 0 Å². The summed E-state index contributed by atoms with van der Waals surface area (Å²) in [7, 11) is 0. The number of nitrogens with zero attached hydrogens (tertiary/aromatic N) is 1. The predicted molar refractivity (Wildman–Crippen MR) is 74.4 cm³/mol. The van der Waals surface area contributed by atoms with Gasteiger partial charge in [0.15, 0.2) is 0 Å². The molecule has 0 aliphatic heterocycles. The van der Waals surface area contributed by atoms with Crippen LogP contribution in [0.5, 0.6) is 0 Å². The predicted octanol–water partition coefficient (Wildman–Crippen LogP) is 3.94. The van der Waals surface area contributed by atoms with Crippen molar-refractivity contribution in [2.24, 2.45) is 0 Å². The Labute approximate surface area is 118 Å². The molecule has 0 radical (unpaired) electrons. The first-order valence-corrected chi connectivity index (χ1v) is 7.15. The van der Waals surface area contributed by atoms with Gasteiger partial charge in [0.1, 0.15) is 5.82 Å². The van der Waals surface area contributed by atoms with Crippen LogP contribution in [-0.2, 0) is 6.42 Å². The quantitative estimate of drug-likeness (QED) is 0.925. The van der Waals surface area contributed by atoms with Gasteiger partial charge in [0.05, 0.1) is 16.8 Å². The SMILES string of the molecule is Cc1nc(CC(O)c2c(F)cccc2Br)sc1C. The third kappa shape index (κ3) is 2.79. The summed E-state index contributed by atoms with van der Waals surface area (Å²) < 4.78 is 14.3. The number of thiazole rings is 1. The second-order valence-corrected chi connectivity index (χ2v) is 6.25. The van der Waals surface area contributed by atoms with Crippen LogP contribution in [0, 0.1) is 19.7 Å². The van der Waals surface area contributed by atoms with Gasteiger partial charge in [-0.05, 0) is 26.0 Å². The van der Waals surface area contributed by atoms with E-state index in [0.29, 0.717) is 16.5 Å². The summed E-state index contributed by atoms with van der Waals surface area (Å²) >= 11 is 4.80. The molecule has 1 N–H and O–H groups in total. The zero-order chi connectivity index (χ0) is 13.3. The van der Waals surface area contributed by atoms with E-state index in [1.807, 2.05) is 13.8 Å². The van der Waals surface area contributed by atoms with Crippen molar-refractivity contribution >= 4 is 27.3 Å². The lowest BCUT2D eigenvalue weighted by Crippen LogP contribution is -2.05. The van der Waals surface area contributed by atoms with Crippen LogP contribution in [-0.4, -0.2) is 10.1 Å². The Morgan fingerprint density at radius 1 is 1.44 bits per heavy atom. The van der Waals surface area contributed by atoms with E-state index in [1.54, 1.807) is 23.5 Å². The molecule has 18 heavy (non-hydrogen) atoms. The fourth-order valence-electron chi connectivity index (χ4n) is 1.72. The number of aliphatic hydroxyl groups excluding tert-OH is 1. The van der Waals surface area contributed by atoms with Crippen molar-refractivity contribution in [3.63, 3.8) is 0 Å². The molecule has 0 saturated carbocycles. The molecule has 0 fully saturated rings. The van der Waals surface area contributed by atoms with Gasteiger partial charge in [-0.1, -0.05) is 22.0 Å². The Morgan fingerprint density at radius 2 is 2.17 bits per heavy atom. The maximum atomic E-state index is 13.7. The van der Waals surface area contributed by atoms with Gasteiger partial charge in [0.25, 0.3) is 0 Å². The molecule has 96 valence electrons. The van der Waals surface area contributed by atoms with E-state index in [2.05, 4.69) is 20.9 Å². The Bertz CT molecular complexity index is 530. The molecule has 2 nitrogen and oxygen atoms in total. The Hall–Kier alpha value is -0.780. The average molecular weight is 330 g/mol. The van der Waals surface area contributed by atoms with Crippen molar-refractivity contribution in [2.75, 3.05) is 0 Å². The smallest absolute Gasteiger partial charge is 0.130 e. The average Bonchev–Trinajstić information content (AvgIpc) is 2.57. The van der Waals surface area contributed by atoms with Crippen molar-refractivity contribution in [3.8, 4) is 0 Å². The van der Waals surface area contributed by atoms with Crippen LogP contribution < -0.4 is 0 Å². The molecule has 1 unspecified atom stereocenters. The summed E-state index contributed by atoms with van der Waals surface area (Å²) in [6.07, 6.45) is -0.552. The van der Waals surface area contributed by atoms with E-state index >= 15 is 0 Å². The zero-order valence-electron chi connectivity index (χ0n) is 10.1. The fraction of sp³-hybridized carbons (Fsp3) is 0.308. The van der Waals surface area contributed by atoms with Crippen LogP contribution in [0.3, 0.4) is 0 Å². The lowest BCUT2D eigenvalue weighted by atomic mass is 10.1. The molecule has 5 heteroatoms. The fourth-order valence-corrected chi connectivity index (χ4v) is 3.30. The summed E-state index contributed by atoms with van der Waals surface area (Å²) in [6.45, 7) is 3.92. The Balaban J connectivity index is 2.24. The number of benzene rings is 1. The third-order valence-electron chi connectivity index (χ3n) is 2.77. The largest absolute Gasteiger partial charge is 0.388 e. The van der Waals surface area contributed by atoms with E-state index in [9.17, 15) is 9.50 Å². The second kappa shape index (κ2) is 5.47. The van der Waals surface area contributed by atoms with Gasteiger partial charge in [-0.3, -0.25) is 0 Å². The summed E-state index contributed by atoms with van der Waals surface area (Å²) in [4.78, 5) is 5.49. The molecule has 1 heterocycles. The standard InChI is InChI=1S/C13H13BrFNOS/c1-7-8(2)18-12(16-7)6-11(17)13-9(14)4-3-5-10(13)15/h3-5,11,17H,6H2,1-2H3. The first-order valence-electron chi connectivity index (χ1n) is 5.54. The topological polar surface area (TPSA) is 33.1 Å². The first kappa shape index (κ1) is 13.6. The van der Waals surface area contributed by atoms with E-state index in [0.717, 1.165) is 15.6 Å². The molecule has 1 atom stereocenters. The van der Waals surface area contributed by atoms with Gasteiger partial charge in [-0.25, -0.2) is 9.37 Å². The van der Waals surface area contributed by atoms with Crippen LogP contribution in [0.4, 0.5) is 4.39 Å². The molecular formula is C13H13BrFNOS. The van der Waals surface area contributed by atoms with Crippen LogP contribution in [0.25, 0.3) is 0 Å². The molecular weight excluding hydrogens is 317 g/mol. The highest BCUT2D eigenvalue weighted by molar-refractivity contribution is 9.10. The monoisotopic (exact) mass is 329 g/mol.